The van der Waals surface area contributed by atoms with E-state index in [0.717, 1.165) is 11.0 Å². The third kappa shape index (κ3) is 4.54. The summed E-state index contributed by atoms with van der Waals surface area (Å²) in [6.45, 7) is 4.96. The van der Waals surface area contributed by atoms with Crippen molar-refractivity contribution in [3.05, 3.63) is 65.5 Å². The zero-order valence-corrected chi connectivity index (χ0v) is 18.3. The summed E-state index contributed by atoms with van der Waals surface area (Å²) in [4.78, 5) is 51.1. The molecule has 168 valence electrons. The van der Waals surface area contributed by atoms with Gasteiger partial charge in [-0.1, -0.05) is 51.1 Å². The molecule has 8 heteroatoms. The van der Waals surface area contributed by atoms with Gasteiger partial charge in [0.25, 0.3) is 5.91 Å². The minimum atomic E-state index is -1.26. The Hall–Kier alpha value is -3.55. The van der Waals surface area contributed by atoms with Gasteiger partial charge in [-0.15, -0.1) is 0 Å². The second-order valence-electron chi connectivity index (χ2n) is 8.21. The third-order valence-corrected chi connectivity index (χ3v) is 5.42. The average molecular weight is 439 g/mol. The zero-order chi connectivity index (χ0) is 23.5. The number of Topliss-reactive ketones (excluding diaryl/α,β-unsaturated/α-hetero) is 1. The fraction of sp³-hybridized carbons (Fsp3) is 0.333. The van der Waals surface area contributed by atoms with Crippen LogP contribution in [0.3, 0.4) is 0 Å². The number of nitrogens with one attached hydrogen (secondary N) is 2. The predicted octanol–water partition coefficient (Wildman–Crippen LogP) is 3.85. The lowest BCUT2D eigenvalue weighted by Crippen LogP contribution is -2.43. The number of amides is 4. The molecule has 32 heavy (non-hydrogen) atoms. The van der Waals surface area contributed by atoms with Crippen molar-refractivity contribution >= 4 is 29.3 Å². The number of imide groups is 1. The van der Waals surface area contributed by atoms with Gasteiger partial charge in [-0.2, -0.15) is 0 Å². The first kappa shape index (κ1) is 23.1. The Bertz CT molecular complexity index is 1050. The second-order valence-corrected chi connectivity index (χ2v) is 8.21. The van der Waals surface area contributed by atoms with E-state index in [1.165, 1.54) is 12.1 Å². The van der Waals surface area contributed by atoms with E-state index >= 15 is 0 Å². The molecule has 7 nitrogen and oxygen atoms in total. The molecule has 1 heterocycles. The van der Waals surface area contributed by atoms with Crippen LogP contribution < -0.4 is 10.6 Å². The number of anilines is 1. The number of halogens is 1. The van der Waals surface area contributed by atoms with Crippen LogP contribution in [0.4, 0.5) is 14.9 Å². The van der Waals surface area contributed by atoms with Crippen molar-refractivity contribution in [3.8, 4) is 0 Å². The van der Waals surface area contributed by atoms with Gasteiger partial charge >= 0.3 is 6.03 Å². The largest absolute Gasteiger partial charge is 0.326 e. The van der Waals surface area contributed by atoms with E-state index in [2.05, 4.69) is 10.6 Å². The molecule has 0 spiro atoms. The average Bonchev–Trinajstić information content (AvgIpc) is 2.99. The smallest absolute Gasteiger partial charge is 0.325 e. The molecular formula is C24H26FN3O4. The van der Waals surface area contributed by atoms with E-state index in [1.54, 1.807) is 37.3 Å². The highest BCUT2D eigenvalue weighted by atomic mass is 19.1. The summed E-state index contributed by atoms with van der Waals surface area (Å²) in [6.07, 6.45) is 0.584. The molecular weight excluding hydrogens is 413 g/mol. The summed E-state index contributed by atoms with van der Waals surface area (Å²) in [5.74, 6) is -2.21. The SMILES string of the molecule is CCC1(c2ccccc2)NC(=O)N(CC(=O)c2ccc(NC(=O)CC(C)C)cc2F)C1=O. The first-order chi connectivity index (χ1) is 15.2. The molecule has 0 aromatic heterocycles. The van der Waals surface area contributed by atoms with E-state index in [9.17, 15) is 23.6 Å². The number of nitrogens with zero attached hydrogens (tertiary/aromatic N) is 1. The van der Waals surface area contributed by atoms with Crippen LogP contribution in [0.1, 0.15) is 49.5 Å². The Labute approximate surface area is 186 Å². The molecule has 1 atom stereocenters. The molecule has 2 N–H and O–H groups in total. The van der Waals surface area contributed by atoms with Crippen LogP contribution in [0.25, 0.3) is 0 Å². The van der Waals surface area contributed by atoms with Crippen LogP contribution in [-0.2, 0) is 15.1 Å². The molecule has 0 aliphatic carbocycles. The summed E-state index contributed by atoms with van der Waals surface area (Å²) >= 11 is 0. The van der Waals surface area contributed by atoms with Crippen molar-refractivity contribution in [1.82, 2.24) is 10.2 Å². The van der Waals surface area contributed by atoms with Gasteiger partial charge in [0.15, 0.2) is 5.78 Å². The molecule has 0 radical (unpaired) electrons. The Morgan fingerprint density at radius 2 is 1.81 bits per heavy atom. The topological polar surface area (TPSA) is 95.6 Å². The number of carbonyl (C=O) groups excluding carboxylic acids is 4. The highest BCUT2D eigenvalue weighted by Gasteiger charge is 2.51. The Morgan fingerprint density at radius 3 is 2.41 bits per heavy atom. The summed E-state index contributed by atoms with van der Waals surface area (Å²) < 4.78 is 14.6. The normalized spacial score (nSPS) is 18.1. The summed E-state index contributed by atoms with van der Waals surface area (Å²) in [5, 5.41) is 5.28. The fourth-order valence-electron chi connectivity index (χ4n) is 3.76. The Morgan fingerprint density at radius 1 is 1.12 bits per heavy atom. The Kier molecular flexibility index (Phi) is 6.72. The van der Waals surface area contributed by atoms with E-state index in [0.29, 0.717) is 12.0 Å². The van der Waals surface area contributed by atoms with Crippen molar-refractivity contribution in [2.45, 2.75) is 39.2 Å². The van der Waals surface area contributed by atoms with Crippen molar-refractivity contribution in [2.24, 2.45) is 5.92 Å². The Balaban J connectivity index is 1.76. The minimum Gasteiger partial charge on any atom is -0.326 e. The first-order valence-electron chi connectivity index (χ1n) is 10.5. The molecule has 1 saturated heterocycles. The maximum absolute atomic E-state index is 14.6. The number of hydrogen-bond acceptors (Lipinski definition) is 4. The molecule has 0 saturated carbocycles. The standard InChI is InChI=1S/C24H26FN3O4/c1-4-24(16-8-6-5-7-9-16)22(31)28(23(32)27-24)14-20(29)18-11-10-17(13-19(18)25)26-21(30)12-15(2)3/h5-11,13,15H,4,12,14H2,1-3H3,(H,26,30)(H,27,32). The fourth-order valence-corrected chi connectivity index (χ4v) is 3.76. The summed E-state index contributed by atoms with van der Waals surface area (Å²) in [7, 11) is 0. The van der Waals surface area contributed by atoms with Crippen LogP contribution in [0.5, 0.6) is 0 Å². The van der Waals surface area contributed by atoms with E-state index < -0.39 is 35.6 Å². The molecule has 1 fully saturated rings. The van der Waals surface area contributed by atoms with Crippen molar-refractivity contribution in [1.29, 1.82) is 0 Å². The lowest BCUT2D eigenvalue weighted by atomic mass is 9.87. The predicted molar refractivity (Wildman–Crippen MR) is 117 cm³/mol. The second kappa shape index (κ2) is 9.30. The number of hydrogen-bond donors (Lipinski definition) is 2. The first-order valence-corrected chi connectivity index (χ1v) is 10.5. The summed E-state index contributed by atoms with van der Waals surface area (Å²) in [5.41, 5.74) is -0.680. The van der Waals surface area contributed by atoms with Crippen molar-refractivity contribution < 1.29 is 23.6 Å². The molecule has 4 amide bonds. The van der Waals surface area contributed by atoms with Crippen molar-refractivity contribution in [2.75, 3.05) is 11.9 Å². The van der Waals surface area contributed by atoms with Crippen LogP contribution in [-0.4, -0.2) is 35.1 Å². The maximum Gasteiger partial charge on any atom is 0.325 e. The number of carbonyl (C=O) groups is 4. The van der Waals surface area contributed by atoms with E-state index in [1.807, 2.05) is 13.8 Å². The van der Waals surface area contributed by atoms with Gasteiger partial charge in [-0.25, -0.2) is 9.18 Å². The van der Waals surface area contributed by atoms with Gasteiger partial charge in [-0.3, -0.25) is 19.3 Å². The number of urea groups is 1. The zero-order valence-electron chi connectivity index (χ0n) is 18.3. The third-order valence-electron chi connectivity index (χ3n) is 5.42. The quantitative estimate of drug-likeness (QED) is 0.482. The lowest BCUT2D eigenvalue weighted by molar-refractivity contribution is -0.131. The van der Waals surface area contributed by atoms with Crippen LogP contribution in [0.15, 0.2) is 48.5 Å². The monoisotopic (exact) mass is 439 g/mol. The summed E-state index contributed by atoms with van der Waals surface area (Å²) in [6, 6.07) is 11.8. The van der Waals surface area contributed by atoms with Crippen LogP contribution >= 0.6 is 0 Å². The highest BCUT2D eigenvalue weighted by molar-refractivity contribution is 6.11. The lowest BCUT2D eigenvalue weighted by Gasteiger charge is -2.25. The number of rotatable bonds is 8. The number of ketones is 1. The molecule has 3 rings (SSSR count). The molecule has 0 bridgehead atoms. The molecule has 2 aromatic rings. The molecule has 1 unspecified atom stereocenters. The van der Waals surface area contributed by atoms with Crippen molar-refractivity contribution in [3.63, 3.8) is 0 Å². The number of benzene rings is 2. The maximum atomic E-state index is 14.6. The van der Waals surface area contributed by atoms with Gasteiger partial charge < -0.3 is 10.6 Å². The van der Waals surface area contributed by atoms with Gasteiger partial charge in [0.05, 0.1) is 12.1 Å². The molecule has 1 aliphatic heterocycles. The van der Waals surface area contributed by atoms with Gasteiger partial charge in [-0.05, 0) is 36.1 Å². The molecule has 2 aromatic carbocycles. The van der Waals surface area contributed by atoms with Crippen LogP contribution in [0.2, 0.25) is 0 Å². The van der Waals surface area contributed by atoms with E-state index in [-0.39, 0.29) is 29.5 Å². The van der Waals surface area contributed by atoms with Crippen LogP contribution in [0, 0.1) is 11.7 Å². The van der Waals surface area contributed by atoms with Gasteiger partial charge in [0.2, 0.25) is 5.91 Å². The minimum absolute atomic E-state index is 0.149. The van der Waals surface area contributed by atoms with E-state index in [4.69, 9.17) is 0 Å². The van der Waals surface area contributed by atoms with Gasteiger partial charge in [0.1, 0.15) is 11.4 Å². The molecule has 1 aliphatic rings. The van der Waals surface area contributed by atoms with Gasteiger partial charge in [0, 0.05) is 12.1 Å². The highest BCUT2D eigenvalue weighted by Crippen LogP contribution is 2.32.